The number of thiazole rings is 1. The fraction of sp³-hybridized carbons (Fsp3) is 0.471. The van der Waals surface area contributed by atoms with Crippen molar-refractivity contribution in [1.82, 2.24) is 10.3 Å². The van der Waals surface area contributed by atoms with Gasteiger partial charge in [-0.3, -0.25) is 0 Å². The molecule has 1 atom stereocenters. The zero-order valence-electron chi connectivity index (χ0n) is 12.2. The van der Waals surface area contributed by atoms with Crippen LogP contribution in [0.5, 0.6) is 0 Å². The fourth-order valence-electron chi connectivity index (χ4n) is 2.68. The summed E-state index contributed by atoms with van der Waals surface area (Å²) >= 11 is 1.79. The van der Waals surface area contributed by atoms with E-state index in [1.165, 1.54) is 35.4 Å². The molecule has 1 unspecified atom stereocenters. The molecule has 0 amide bonds. The highest BCUT2D eigenvalue weighted by Gasteiger charge is 2.18. The van der Waals surface area contributed by atoms with Crippen LogP contribution < -0.4 is 5.32 Å². The van der Waals surface area contributed by atoms with E-state index < -0.39 is 0 Å². The second-order valence-corrected chi connectivity index (χ2v) is 6.74. The van der Waals surface area contributed by atoms with Gasteiger partial charge in [-0.05, 0) is 30.9 Å². The van der Waals surface area contributed by atoms with Crippen LogP contribution in [0, 0.1) is 0 Å². The van der Waals surface area contributed by atoms with E-state index >= 15 is 0 Å². The highest BCUT2D eigenvalue weighted by Crippen LogP contribution is 2.30. The molecule has 2 heterocycles. The Morgan fingerprint density at radius 3 is 2.65 bits per heavy atom. The lowest BCUT2D eigenvalue weighted by atomic mass is 10.0. The van der Waals surface area contributed by atoms with Crippen LogP contribution in [-0.4, -0.2) is 11.5 Å². The first kappa shape index (κ1) is 13.8. The molecule has 1 fully saturated rings. The minimum atomic E-state index is 0.470. The predicted octanol–water partition coefficient (Wildman–Crippen LogP) is 4.75. The van der Waals surface area contributed by atoms with E-state index in [9.17, 15) is 0 Å². The number of aromatic nitrogens is 1. The van der Waals surface area contributed by atoms with Gasteiger partial charge in [-0.1, -0.05) is 44.5 Å². The van der Waals surface area contributed by atoms with Crippen LogP contribution in [0.25, 0.3) is 11.3 Å². The van der Waals surface area contributed by atoms with Crippen LogP contribution in [0.4, 0.5) is 0 Å². The van der Waals surface area contributed by atoms with Crippen LogP contribution in [0.1, 0.15) is 55.6 Å². The van der Waals surface area contributed by atoms with Gasteiger partial charge < -0.3 is 5.32 Å². The zero-order chi connectivity index (χ0) is 13.9. The smallest absolute Gasteiger partial charge is 0.110 e. The van der Waals surface area contributed by atoms with Gasteiger partial charge in [-0.15, -0.1) is 11.3 Å². The van der Waals surface area contributed by atoms with Gasteiger partial charge in [0, 0.05) is 10.9 Å². The lowest BCUT2D eigenvalue weighted by Crippen LogP contribution is -2.26. The summed E-state index contributed by atoms with van der Waals surface area (Å²) in [5.41, 5.74) is 3.73. The molecular formula is C17H22N2S. The number of benzene rings is 1. The SMILES string of the molecule is CC(C)c1ccc(-c2csc(C3CCCCN3)n2)cc1. The Labute approximate surface area is 125 Å². The van der Waals surface area contributed by atoms with E-state index in [0.717, 1.165) is 12.2 Å². The standard InChI is InChI=1S/C17H22N2S/c1-12(2)13-6-8-14(9-7-13)16-11-20-17(19-16)15-5-3-4-10-18-15/h6-9,11-12,15,18H,3-5,10H2,1-2H3. The Hall–Kier alpha value is -1.19. The molecule has 0 aliphatic carbocycles. The molecule has 3 rings (SSSR count). The summed E-state index contributed by atoms with van der Waals surface area (Å²) < 4.78 is 0. The fourth-order valence-corrected chi connectivity index (χ4v) is 3.62. The maximum absolute atomic E-state index is 4.83. The Bertz CT molecular complexity index is 551. The summed E-state index contributed by atoms with van der Waals surface area (Å²) in [6, 6.07) is 9.30. The van der Waals surface area contributed by atoms with Crippen molar-refractivity contribution in [2.24, 2.45) is 0 Å². The average molecular weight is 286 g/mol. The number of rotatable bonds is 3. The highest BCUT2D eigenvalue weighted by atomic mass is 32.1. The van der Waals surface area contributed by atoms with E-state index in [2.05, 4.69) is 48.8 Å². The van der Waals surface area contributed by atoms with Crippen LogP contribution in [0.15, 0.2) is 29.6 Å². The molecule has 1 aromatic heterocycles. The lowest BCUT2D eigenvalue weighted by Gasteiger charge is -2.21. The Morgan fingerprint density at radius 1 is 1.20 bits per heavy atom. The molecule has 3 heteroatoms. The number of piperidine rings is 1. The van der Waals surface area contributed by atoms with Crippen molar-refractivity contribution < 1.29 is 0 Å². The van der Waals surface area contributed by atoms with Crippen LogP contribution >= 0.6 is 11.3 Å². The molecule has 0 bridgehead atoms. The first-order chi connectivity index (χ1) is 9.74. The topological polar surface area (TPSA) is 24.9 Å². The Kier molecular flexibility index (Phi) is 4.18. The number of hydrogen-bond donors (Lipinski definition) is 1. The Morgan fingerprint density at radius 2 is 2.00 bits per heavy atom. The third kappa shape index (κ3) is 2.94. The molecule has 1 aliphatic rings. The van der Waals surface area contributed by atoms with Gasteiger partial charge in [0.05, 0.1) is 11.7 Å². The summed E-state index contributed by atoms with van der Waals surface area (Å²) in [4.78, 5) is 4.83. The van der Waals surface area contributed by atoms with Gasteiger partial charge in [0.2, 0.25) is 0 Å². The molecule has 2 nitrogen and oxygen atoms in total. The summed E-state index contributed by atoms with van der Waals surface area (Å²) in [5.74, 6) is 0.585. The van der Waals surface area contributed by atoms with E-state index in [4.69, 9.17) is 4.98 Å². The third-order valence-corrected chi connectivity index (χ3v) is 4.96. The van der Waals surface area contributed by atoms with Crippen LogP contribution in [-0.2, 0) is 0 Å². The van der Waals surface area contributed by atoms with E-state index in [-0.39, 0.29) is 0 Å². The van der Waals surface area contributed by atoms with Gasteiger partial charge in [0.25, 0.3) is 0 Å². The van der Waals surface area contributed by atoms with Crippen molar-refractivity contribution in [3.05, 3.63) is 40.2 Å². The quantitative estimate of drug-likeness (QED) is 0.881. The van der Waals surface area contributed by atoms with Crippen molar-refractivity contribution in [2.75, 3.05) is 6.54 Å². The minimum absolute atomic E-state index is 0.470. The molecule has 0 radical (unpaired) electrons. The summed E-state index contributed by atoms with van der Waals surface area (Å²) in [7, 11) is 0. The lowest BCUT2D eigenvalue weighted by molar-refractivity contribution is 0.411. The molecular weight excluding hydrogens is 264 g/mol. The highest BCUT2D eigenvalue weighted by molar-refractivity contribution is 7.10. The zero-order valence-corrected chi connectivity index (χ0v) is 13.0. The molecule has 2 aromatic rings. The summed E-state index contributed by atoms with van der Waals surface area (Å²) in [6.07, 6.45) is 3.83. The molecule has 1 aliphatic heterocycles. The molecule has 20 heavy (non-hydrogen) atoms. The summed E-state index contributed by atoms with van der Waals surface area (Å²) in [6.45, 7) is 5.58. The van der Waals surface area contributed by atoms with Gasteiger partial charge in [-0.25, -0.2) is 4.98 Å². The molecule has 0 spiro atoms. The Balaban J connectivity index is 1.78. The molecule has 1 saturated heterocycles. The third-order valence-electron chi connectivity index (χ3n) is 4.00. The summed E-state index contributed by atoms with van der Waals surface area (Å²) in [5, 5.41) is 7.01. The van der Waals surface area contributed by atoms with Crippen molar-refractivity contribution in [3.63, 3.8) is 0 Å². The second-order valence-electron chi connectivity index (χ2n) is 5.85. The van der Waals surface area contributed by atoms with E-state index in [1.54, 1.807) is 11.3 Å². The van der Waals surface area contributed by atoms with Crippen molar-refractivity contribution in [3.8, 4) is 11.3 Å². The first-order valence-electron chi connectivity index (χ1n) is 7.53. The molecule has 1 aromatic carbocycles. The van der Waals surface area contributed by atoms with Gasteiger partial charge >= 0.3 is 0 Å². The van der Waals surface area contributed by atoms with Gasteiger partial charge in [0.1, 0.15) is 5.01 Å². The van der Waals surface area contributed by atoms with Gasteiger partial charge in [0.15, 0.2) is 0 Å². The monoisotopic (exact) mass is 286 g/mol. The molecule has 106 valence electrons. The van der Waals surface area contributed by atoms with E-state index in [0.29, 0.717) is 12.0 Å². The molecule has 1 N–H and O–H groups in total. The number of hydrogen-bond acceptors (Lipinski definition) is 3. The average Bonchev–Trinajstić information content (AvgIpc) is 2.98. The first-order valence-corrected chi connectivity index (χ1v) is 8.41. The number of nitrogens with zero attached hydrogens (tertiary/aromatic N) is 1. The maximum Gasteiger partial charge on any atom is 0.110 e. The largest absolute Gasteiger partial charge is 0.308 e. The number of nitrogens with one attached hydrogen (secondary N) is 1. The van der Waals surface area contributed by atoms with Crippen molar-refractivity contribution in [2.45, 2.75) is 45.1 Å². The predicted molar refractivity (Wildman–Crippen MR) is 86.2 cm³/mol. The van der Waals surface area contributed by atoms with Crippen molar-refractivity contribution >= 4 is 11.3 Å². The molecule has 0 saturated carbocycles. The minimum Gasteiger partial charge on any atom is -0.308 e. The van der Waals surface area contributed by atoms with E-state index in [1.807, 2.05) is 0 Å². The second kappa shape index (κ2) is 6.06. The van der Waals surface area contributed by atoms with Crippen molar-refractivity contribution in [1.29, 1.82) is 0 Å². The van der Waals surface area contributed by atoms with Crippen LogP contribution in [0.2, 0.25) is 0 Å². The van der Waals surface area contributed by atoms with Crippen LogP contribution in [0.3, 0.4) is 0 Å². The maximum atomic E-state index is 4.83. The van der Waals surface area contributed by atoms with Gasteiger partial charge in [-0.2, -0.15) is 0 Å². The normalized spacial score (nSPS) is 19.4.